The number of nitrogens with zero attached hydrogens (tertiary/aromatic N) is 2. The van der Waals surface area contributed by atoms with Gasteiger partial charge < -0.3 is 10.1 Å². The normalized spacial score (nSPS) is 10.5. The van der Waals surface area contributed by atoms with Crippen molar-refractivity contribution in [1.82, 2.24) is 15.3 Å². The van der Waals surface area contributed by atoms with Gasteiger partial charge in [0.15, 0.2) is 0 Å². The van der Waals surface area contributed by atoms with E-state index in [0.29, 0.717) is 12.4 Å². The van der Waals surface area contributed by atoms with Gasteiger partial charge in [-0.3, -0.25) is 4.98 Å². The molecule has 19 heavy (non-hydrogen) atoms. The molecule has 0 fully saturated rings. The van der Waals surface area contributed by atoms with Crippen molar-refractivity contribution in [3.05, 3.63) is 50.8 Å². The highest BCUT2D eigenvalue weighted by Crippen LogP contribution is 2.19. The summed E-state index contributed by atoms with van der Waals surface area (Å²) in [6, 6.07) is 5.83. The van der Waals surface area contributed by atoms with Crippen molar-refractivity contribution in [3.8, 4) is 5.88 Å². The highest BCUT2D eigenvalue weighted by atomic mass is 79.9. The summed E-state index contributed by atoms with van der Waals surface area (Å²) in [5, 5.41) is 3.33. The smallest absolute Gasteiger partial charge is 0.212 e. The average molecular weight is 387 g/mol. The van der Waals surface area contributed by atoms with Crippen molar-refractivity contribution in [3.63, 3.8) is 0 Å². The molecule has 1 N–H and O–H groups in total. The van der Waals surface area contributed by atoms with Crippen LogP contribution in [-0.2, 0) is 13.1 Å². The summed E-state index contributed by atoms with van der Waals surface area (Å²) in [4.78, 5) is 8.50. The Hall–Kier alpha value is -0.980. The lowest BCUT2D eigenvalue weighted by molar-refractivity contribution is 0.397. The largest absolute Gasteiger partial charge is 0.481 e. The summed E-state index contributed by atoms with van der Waals surface area (Å²) in [6.45, 7) is 1.43. The number of methoxy groups -OCH3 is 1. The molecule has 2 rings (SSSR count). The van der Waals surface area contributed by atoms with Crippen molar-refractivity contribution in [2.24, 2.45) is 0 Å². The Morgan fingerprint density at radius 3 is 2.63 bits per heavy atom. The maximum Gasteiger partial charge on any atom is 0.212 e. The number of rotatable bonds is 5. The first-order valence-electron chi connectivity index (χ1n) is 5.68. The Bertz CT molecular complexity index is 546. The van der Waals surface area contributed by atoms with E-state index in [2.05, 4.69) is 47.1 Å². The van der Waals surface area contributed by atoms with Crippen molar-refractivity contribution >= 4 is 31.9 Å². The predicted molar refractivity (Wildman–Crippen MR) is 81.0 cm³/mol. The van der Waals surface area contributed by atoms with E-state index in [4.69, 9.17) is 4.74 Å². The molecule has 0 aromatic carbocycles. The Labute approximate surface area is 128 Å². The van der Waals surface area contributed by atoms with Crippen LogP contribution in [0.3, 0.4) is 0 Å². The third kappa shape index (κ3) is 4.26. The van der Waals surface area contributed by atoms with Gasteiger partial charge >= 0.3 is 0 Å². The topological polar surface area (TPSA) is 47.0 Å². The maximum atomic E-state index is 5.02. The summed E-state index contributed by atoms with van der Waals surface area (Å²) >= 11 is 6.87. The molecule has 0 bridgehead atoms. The van der Waals surface area contributed by atoms with E-state index in [-0.39, 0.29) is 0 Å². The second-order valence-electron chi connectivity index (χ2n) is 3.89. The number of ether oxygens (including phenoxy) is 1. The Balaban J connectivity index is 1.88. The van der Waals surface area contributed by atoms with Gasteiger partial charge in [0.2, 0.25) is 5.88 Å². The van der Waals surface area contributed by atoms with E-state index in [1.54, 1.807) is 19.5 Å². The summed E-state index contributed by atoms with van der Waals surface area (Å²) in [5.74, 6) is 0.626. The number of aromatic nitrogens is 2. The average Bonchev–Trinajstić information content (AvgIpc) is 2.42. The minimum atomic E-state index is 0.626. The summed E-state index contributed by atoms with van der Waals surface area (Å²) in [5.41, 5.74) is 2.08. The standard InChI is InChI=1S/C13H13Br2N3O/c1-19-13-3-2-9(6-18-13)5-16-8-12-11(15)4-10(14)7-17-12/h2-4,6-7,16H,5,8H2,1H3. The molecule has 2 aromatic rings. The molecule has 2 heterocycles. The van der Waals surface area contributed by atoms with Crippen LogP contribution in [0.5, 0.6) is 5.88 Å². The minimum absolute atomic E-state index is 0.626. The van der Waals surface area contributed by atoms with Crippen LogP contribution in [0.4, 0.5) is 0 Å². The van der Waals surface area contributed by atoms with Gasteiger partial charge in [0, 0.05) is 40.5 Å². The molecule has 100 valence electrons. The SMILES string of the molecule is COc1ccc(CNCc2ncc(Br)cc2Br)cn1. The number of nitrogens with one attached hydrogen (secondary N) is 1. The summed E-state index contributed by atoms with van der Waals surface area (Å²) in [7, 11) is 1.61. The number of hydrogen-bond acceptors (Lipinski definition) is 4. The molecule has 0 aliphatic heterocycles. The molecule has 4 nitrogen and oxygen atoms in total. The Kier molecular flexibility index (Phi) is 5.30. The van der Waals surface area contributed by atoms with Gasteiger partial charge in [0.1, 0.15) is 0 Å². The summed E-state index contributed by atoms with van der Waals surface area (Å²) < 4.78 is 6.97. The molecule has 0 spiro atoms. The Morgan fingerprint density at radius 1 is 1.16 bits per heavy atom. The first-order chi connectivity index (χ1) is 9.19. The first-order valence-corrected chi connectivity index (χ1v) is 7.27. The van der Waals surface area contributed by atoms with E-state index in [1.807, 2.05) is 18.2 Å². The van der Waals surface area contributed by atoms with Gasteiger partial charge in [-0.1, -0.05) is 6.07 Å². The molecule has 0 saturated heterocycles. The molecule has 0 unspecified atom stereocenters. The van der Waals surface area contributed by atoms with Gasteiger partial charge in [-0.25, -0.2) is 4.98 Å². The lowest BCUT2D eigenvalue weighted by Crippen LogP contribution is -2.14. The van der Waals surface area contributed by atoms with Gasteiger partial charge in [-0.05, 0) is 43.5 Å². The fourth-order valence-corrected chi connectivity index (χ4v) is 2.66. The van der Waals surface area contributed by atoms with Crippen LogP contribution in [0.2, 0.25) is 0 Å². The third-order valence-electron chi connectivity index (χ3n) is 2.51. The number of pyridine rings is 2. The van der Waals surface area contributed by atoms with Crippen LogP contribution in [0.25, 0.3) is 0 Å². The minimum Gasteiger partial charge on any atom is -0.481 e. The van der Waals surface area contributed by atoms with Crippen LogP contribution < -0.4 is 10.1 Å². The zero-order chi connectivity index (χ0) is 13.7. The zero-order valence-corrected chi connectivity index (χ0v) is 13.5. The fourth-order valence-electron chi connectivity index (χ4n) is 1.53. The van der Waals surface area contributed by atoms with E-state index in [0.717, 1.165) is 26.7 Å². The van der Waals surface area contributed by atoms with Crippen molar-refractivity contribution in [2.45, 2.75) is 13.1 Å². The second-order valence-corrected chi connectivity index (χ2v) is 5.66. The number of hydrogen-bond donors (Lipinski definition) is 1. The van der Waals surface area contributed by atoms with Gasteiger partial charge in [-0.15, -0.1) is 0 Å². The van der Waals surface area contributed by atoms with Crippen LogP contribution >= 0.6 is 31.9 Å². The molecule has 0 aliphatic rings. The first kappa shape index (κ1) is 14.4. The van der Waals surface area contributed by atoms with E-state index in [1.165, 1.54) is 0 Å². The Morgan fingerprint density at radius 2 is 2.00 bits per heavy atom. The third-order valence-corrected chi connectivity index (χ3v) is 3.63. The highest BCUT2D eigenvalue weighted by Gasteiger charge is 2.02. The quantitative estimate of drug-likeness (QED) is 0.856. The summed E-state index contributed by atoms with van der Waals surface area (Å²) in [6.07, 6.45) is 3.59. The van der Waals surface area contributed by atoms with Crippen LogP contribution in [0.15, 0.2) is 39.5 Å². The second kappa shape index (κ2) is 6.98. The molecule has 0 aliphatic carbocycles. The van der Waals surface area contributed by atoms with E-state index >= 15 is 0 Å². The molecule has 6 heteroatoms. The lowest BCUT2D eigenvalue weighted by Gasteiger charge is -2.07. The fraction of sp³-hybridized carbons (Fsp3) is 0.231. The molecular formula is C13H13Br2N3O. The molecule has 0 radical (unpaired) electrons. The molecule has 0 saturated carbocycles. The van der Waals surface area contributed by atoms with Gasteiger partial charge in [-0.2, -0.15) is 0 Å². The highest BCUT2D eigenvalue weighted by molar-refractivity contribution is 9.11. The molecule has 0 amide bonds. The van der Waals surface area contributed by atoms with Crippen molar-refractivity contribution in [1.29, 1.82) is 0 Å². The molecular weight excluding hydrogens is 374 g/mol. The predicted octanol–water partition coefficient (Wildman–Crippen LogP) is 3.30. The molecule has 0 atom stereocenters. The van der Waals surface area contributed by atoms with Crippen molar-refractivity contribution in [2.75, 3.05) is 7.11 Å². The van der Waals surface area contributed by atoms with Crippen LogP contribution in [0, 0.1) is 0 Å². The molecule has 2 aromatic heterocycles. The van der Waals surface area contributed by atoms with E-state index in [9.17, 15) is 0 Å². The van der Waals surface area contributed by atoms with Gasteiger partial charge in [0.25, 0.3) is 0 Å². The van der Waals surface area contributed by atoms with Crippen LogP contribution in [-0.4, -0.2) is 17.1 Å². The van der Waals surface area contributed by atoms with Gasteiger partial charge in [0.05, 0.1) is 12.8 Å². The maximum absolute atomic E-state index is 5.02. The van der Waals surface area contributed by atoms with Crippen molar-refractivity contribution < 1.29 is 4.74 Å². The lowest BCUT2D eigenvalue weighted by atomic mass is 10.3. The monoisotopic (exact) mass is 385 g/mol. The van der Waals surface area contributed by atoms with E-state index < -0.39 is 0 Å². The zero-order valence-electron chi connectivity index (χ0n) is 10.4. The van der Waals surface area contributed by atoms with Crippen LogP contribution in [0.1, 0.15) is 11.3 Å². The number of halogens is 2.